The average molecular weight is 384 g/mol. The van der Waals surface area contributed by atoms with E-state index in [2.05, 4.69) is 0 Å². The number of esters is 1. The van der Waals surface area contributed by atoms with E-state index in [1.165, 1.54) is 13.0 Å². The third-order valence-corrected chi connectivity index (χ3v) is 3.98. The zero-order chi connectivity index (χ0) is 20.5. The number of ether oxygens (including phenoxy) is 4. The molecule has 0 aliphatic heterocycles. The normalized spacial score (nSPS) is 10.6. The van der Waals surface area contributed by atoms with Gasteiger partial charge in [-0.2, -0.15) is 0 Å². The minimum absolute atomic E-state index is 0.000621. The summed E-state index contributed by atoms with van der Waals surface area (Å²) in [6.07, 6.45) is 2.93. The number of rotatable bonds is 9. The molecule has 0 spiro atoms. The Morgan fingerprint density at radius 1 is 1.00 bits per heavy atom. The highest BCUT2D eigenvalue weighted by atomic mass is 16.5. The van der Waals surface area contributed by atoms with E-state index in [0.717, 1.165) is 0 Å². The summed E-state index contributed by atoms with van der Waals surface area (Å²) >= 11 is 0. The van der Waals surface area contributed by atoms with Crippen molar-refractivity contribution in [1.82, 2.24) is 0 Å². The van der Waals surface area contributed by atoms with Crippen molar-refractivity contribution in [2.24, 2.45) is 0 Å². The fraction of sp³-hybridized carbons (Fsp3) is 0.273. The number of benzene rings is 2. The quantitative estimate of drug-likeness (QED) is 0.369. The van der Waals surface area contributed by atoms with Crippen LogP contribution in [0.3, 0.4) is 0 Å². The van der Waals surface area contributed by atoms with Crippen LogP contribution in [0, 0.1) is 0 Å². The van der Waals surface area contributed by atoms with Gasteiger partial charge in [0.15, 0.2) is 5.78 Å². The zero-order valence-electron chi connectivity index (χ0n) is 16.5. The van der Waals surface area contributed by atoms with E-state index >= 15 is 0 Å². The minimum Gasteiger partial charge on any atom is -0.497 e. The first-order valence-corrected chi connectivity index (χ1v) is 8.82. The Kier molecular flexibility index (Phi) is 7.63. The molecule has 2 rings (SSSR count). The third kappa shape index (κ3) is 5.61. The molecule has 0 saturated carbocycles. The smallest absolute Gasteiger partial charge is 0.331 e. The molecule has 148 valence electrons. The number of carbonyl (C=O) groups is 2. The van der Waals surface area contributed by atoms with Crippen molar-refractivity contribution in [3.63, 3.8) is 0 Å². The van der Waals surface area contributed by atoms with E-state index in [4.69, 9.17) is 18.9 Å². The first-order valence-electron chi connectivity index (χ1n) is 8.82. The van der Waals surface area contributed by atoms with Crippen LogP contribution in [0.15, 0.2) is 42.5 Å². The van der Waals surface area contributed by atoms with Gasteiger partial charge in [0.1, 0.15) is 23.9 Å². The molecule has 0 saturated heterocycles. The summed E-state index contributed by atoms with van der Waals surface area (Å²) in [4.78, 5) is 23.7. The summed E-state index contributed by atoms with van der Waals surface area (Å²) in [5.41, 5.74) is 1.89. The molecule has 0 amide bonds. The number of hydrogen-bond donors (Lipinski definition) is 0. The van der Waals surface area contributed by atoms with Gasteiger partial charge >= 0.3 is 5.97 Å². The van der Waals surface area contributed by atoms with Crippen LogP contribution >= 0.6 is 0 Å². The van der Waals surface area contributed by atoms with Crippen LogP contribution in [0.2, 0.25) is 0 Å². The molecule has 0 atom stereocenters. The molecule has 0 aromatic heterocycles. The second-order valence-corrected chi connectivity index (χ2v) is 5.86. The Labute approximate surface area is 164 Å². The third-order valence-electron chi connectivity index (χ3n) is 3.98. The Hall–Kier alpha value is -3.28. The Balaban J connectivity index is 2.09. The van der Waals surface area contributed by atoms with E-state index in [-0.39, 0.29) is 12.4 Å². The van der Waals surface area contributed by atoms with Crippen LogP contribution in [0.25, 0.3) is 6.08 Å². The highest BCUT2D eigenvalue weighted by Crippen LogP contribution is 2.26. The lowest BCUT2D eigenvalue weighted by molar-refractivity contribution is -0.138. The predicted octanol–water partition coefficient (Wildman–Crippen LogP) is 4.06. The maximum atomic E-state index is 12.1. The SMILES string of the molecule is CCOc1ccc(C(C)=O)cc1COC(=O)/C=C/c1ccc(OC)cc1OC. The van der Waals surface area contributed by atoms with Crippen LogP contribution in [0.4, 0.5) is 0 Å². The van der Waals surface area contributed by atoms with Crippen molar-refractivity contribution < 1.29 is 28.5 Å². The van der Waals surface area contributed by atoms with Gasteiger partial charge in [-0.25, -0.2) is 4.79 Å². The molecular formula is C22H24O6. The molecule has 2 aromatic carbocycles. The number of carbonyl (C=O) groups excluding carboxylic acids is 2. The fourth-order valence-corrected chi connectivity index (χ4v) is 2.52. The van der Waals surface area contributed by atoms with Crippen molar-refractivity contribution in [3.8, 4) is 17.2 Å². The number of Topliss-reactive ketones (excluding diaryl/α,β-unsaturated/α-hetero) is 1. The minimum atomic E-state index is -0.520. The number of ketones is 1. The zero-order valence-corrected chi connectivity index (χ0v) is 16.5. The summed E-state index contributed by atoms with van der Waals surface area (Å²) in [5.74, 6) is 1.23. The van der Waals surface area contributed by atoms with E-state index in [1.54, 1.807) is 56.7 Å². The van der Waals surface area contributed by atoms with E-state index in [1.807, 2.05) is 6.92 Å². The van der Waals surface area contributed by atoms with Gasteiger partial charge in [0.2, 0.25) is 0 Å². The summed E-state index contributed by atoms with van der Waals surface area (Å²) in [7, 11) is 3.11. The summed E-state index contributed by atoms with van der Waals surface area (Å²) in [5, 5.41) is 0. The molecule has 0 fully saturated rings. The molecule has 0 aliphatic carbocycles. The number of methoxy groups -OCH3 is 2. The molecule has 0 unspecified atom stereocenters. The predicted molar refractivity (Wildman–Crippen MR) is 106 cm³/mol. The molecular weight excluding hydrogens is 360 g/mol. The van der Waals surface area contributed by atoms with Crippen LogP contribution in [0.1, 0.15) is 35.3 Å². The summed E-state index contributed by atoms with van der Waals surface area (Å²) in [6, 6.07) is 10.4. The maximum Gasteiger partial charge on any atom is 0.331 e. The van der Waals surface area contributed by atoms with Crippen molar-refractivity contribution in [2.75, 3.05) is 20.8 Å². The van der Waals surface area contributed by atoms with Crippen LogP contribution in [-0.2, 0) is 16.1 Å². The highest BCUT2D eigenvalue weighted by Gasteiger charge is 2.10. The van der Waals surface area contributed by atoms with Crippen molar-refractivity contribution >= 4 is 17.8 Å². The Morgan fingerprint density at radius 2 is 1.79 bits per heavy atom. The lowest BCUT2D eigenvalue weighted by atomic mass is 10.1. The average Bonchev–Trinajstić information content (AvgIpc) is 2.71. The van der Waals surface area contributed by atoms with E-state index in [9.17, 15) is 9.59 Å². The molecule has 6 nitrogen and oxygen atoms in total. The first-order chi connectivity index (χ1) is 13.5. The van der Waals surface area contributed by atoms with Crippen molar-refractivity contribution in [1.29, 1.82) is 0 Å². The largest absolute Gasteiger partial charge is 0.497 e. The summed E-state index contributed by atoms with van der Waals surface area (Å²) < 4.78 is 21.3. The van der Waals surface area contributed by atoms with Crippen LogP contribution < -0.4 is 14.2 Å². The van der Waals surface area contributed by atoms with Crippen molar-refractivity contribution in [2.45, 2.75) is 20.5 Å². The standard InChI is InChI=1S/C22H24O6/c1-5-27-20-10-7-17(15(2)23)12-18(20)14-28-22(24)11-8-16-6-9-19(25-3)13-21(16)26-4/h6-13H,5,14H2,1-4H3/b11-8+. The van der Waals surface area contributed by atoms with Gasteiger partial charge in [0, 0.05) is 28.8 Å². The van der Waals surface area contributed by atoms with Gasteiger partial charge in [0.25, 0.3) is 0 Å². The second-order valence-electron chi connectivity index (χ2n) is 5.86. The molecule has 28 heavy (non-hydrogen) atoms. The molecule has 6 heteroatoms. The topological polar surface area (TPSA) is 71.1 Å². The van der Waals surface area contributed by atoms with Gasteiger partial charge in [-0.1, -0.05) is 0 Å². The maximum absolute atomic E-state index is 12.1. The van der Waals surface area contributed by atoms with Gasteiger partial charge in [-0.3, -0.25) is 4.79 Å². The lowest BCUT2D eigenvalue weighted by Gasteiger charge is -2.11. The fourth-order valence-electron chi connectivity index (χ4n) is 2.52. The van der Waals surface area contributed by atoms with E-state index in [0.29, 0.717) is 40.5 Å². The van der Waals surface area contributed by atoms with Crippen LogP contribution in [-0.4, -0.2) is 32.6 Å². The molecule has 0 heterocycles. The molecule has 0 aliphatic rings. The second kappa shape index (κ2) is 10.2. The highest BCUT2D eigenvalue weighted by molar-refractivity contribution is 5.94. The molecule has 0 bridgehead atoms. The summed E-state index contributed by atoms with van der Waals surface area (Å²) in [6.45, 7) is 3.81. The monoisotopic (exact) mass is 384 g/mol. The van der Waals surface area contributed by atoms with Gasteiger partial charge in [-0.05, 0) is 50.3 Å². The van der Waals surface area contributed by atoms with Gasteiger partial charge < -0.3 is 18.9 Å². The van der Waals surface area contributed by atoms with Gasteiger partial charge in [0.05, 0.1) is 20.8 Å². The van der Waals surface area contributed by atoms with Crippen LogP contribution in [0.5, 0.6) is 17.2 Å². The molecule has 2 aromatic rings. The van der Waals surface area contributed by atoms with Gasteiger partial charge in [-0.15, -0.1) is 0 Å². The Morgan fingerprint density at radius 3 is 2.43 bits per heavy atom. The number of hydrogen-bond acceptors (Lipinski definition) is 6. The van der Waals surface area contributed by atoms with Crippen molar-refractivity contribution in [3.05, 3.63) is 59.2 Å². The first kappa shape index (κ1) is 21.0. The van der Waals surface area contributed by atoms with E-state index < -0.39 is 5.97 Å². The molecule has 0 N–H and O–H groups in total. The Bertz CT molecular complexity index is 869. The molecule has 0 radical (unpaired) electrons. The lowest BCUT2D eigenvalue weighted by Crippen LogP contribution is -2.05.